The number of hydrogen-bond acceptors (Lipinski definition) is 4. The number of hydrogen-bond donors (Lipinski definition) is 1. The average Bonchev–Trinajstić information content (AvgIpc) is 2.33. The fraction of sp³-hybridized carbons (Fsp3) is 0.571. The average molecular weight is 252 g/mol. The maximum Gasteiger partial charge on any atom is 0.120 e. The van der Waals surface area contributed by atoms with Crippen LogP contribution in [0.5, 0.6) is 5.75 Å². The van der Waals surface area contributed by atoms with E-state index >= 15 is 0 Å². The van der Waals surface area contributed by atoms with Crippen molar-refractivity contribution in [3.8, 4) is 5.75 Å². The molecule has 1 aliphatic rings. The summed E-state index contributed by atoms with van der Waals surface area (Å²) in [4.78, 5) is 4.29. The predicted molar refractivity (Wildman–Crippen MR) is 73.8 cm³/mol. The molecule has 4 heteroatoms. The number of para-hydroxylation sites is 1. The monoisotopic (exact) mass is 252 g/mol. The van der Waals surface area contributed by atoms with E-state index in [1.54, 1.807) is 6.07 Å². The number of benzene rings is 1. The highest BCUT2D eigenvalue weighted by Gasteiger charge is 2.02. The van der Waals surface area contributed by atoms with Gasteiger partial charge >= 0.3 is 0 Å². The standard InChI is InChI=1S/C9H13NO.C5H11NO/c1-10(2)7-8-5-3-4-6-9(8)11;1-6-2-4-7-5-3-6/h3-6,11H,7H2,1-2H3;2-5H2,1H3. The molecule has 0 atom stereocenters. The van der Waals surface area contributed by atoms with Gasteiger partial charge in [0.25, 0.3) is 0 Å². The second kappa shape index (κ2) is 8.08. The third kappa shape index (κ3) is 6.00. The number of rotatable bonds is 2. The lowest BCUT2D eigenvalue weighted by molar-refractivity contribution is 0.0503. The number of phenolic OH excluding ortho intramolecular Hbond substituents is 1. The number of morpholine rings is 1. The molecule has 0 aromatic heterocycles. The van der Waals surface area contributed by atoms with Crippen molar-refractivity contribution in [1.82, 2.24) is 9.80 Å². The summed E-state index contributed by atoms with van der Waals surface area (Å²) in [5.41, 5.74) is 0.970. The molecule has 0 unspecified atom stereocenters. The van der Waals surface area contributed by atoms with E-state index in [4.69, 9.17) is 4.74 Å². The Balaban J connectivity index is 0.000000199. The highest BCUT2D eigenvalue weighted by molar-refractivity contribution is 5.31. The van der Waals surface area contributed by atoms with Crippen molar-refractivity contribution in [1.29, 1.82) is 0 Å². The molecule has 1 saturated heterocycles. The summed E-state index contributed by atoms with van der Waals surface area (Å²) in [5.74, 6) is 0.376. The van der Waals surface area contributed by atoms with Gasteiger partial charge in [0.15, 0.2) is 0 Å². The molecule has 0 radical (unpaired) electrons. The summed E-state index contributed by atoms with van der Waals surface area (Å²) >= 11 is 0. The first-order valence-electron chi connectivity index (χ1n) is 6.27. The molecule has 1 heterocycles. The zero-order chi connectivity index (χ0) is 13.4. The first kappa shape index (κ1) is 15.0. The molecule has 1 aromatic rings. The summed E-state index contributed by atoms with van der Waals surface area (Å²) in [6.07, 6.45) is 0. The minimum absolute atomic E-state index is 0.376. The number of likely N-dealkylation sites (N-methyl/N-ethyl adjacent to an activating group) is 1. The maximum absolute atomic E-state index is 9.33. The van der Waals surface area contributed by atoms with Crippen LogP contribution < -0.4 is 0 Å². The second-order valence-corrected chi connectivity index (χ2v) is 4.78. The largest absolute Gasteiger partial charge is 0.508 e. The van der Waals surface area contributed by atoms with E-state index in [0.717, 1.165) is 38.4 Å². The summed E-state index contributed by atoms with van der Waals surface area (Å²) in [6.45, 7) is 4.81. The van der Waals surface area contributed by atoms with Crippen molar-refractivity contribution in [2.24, 2.45) is 0 Å². The summed E-state index contributed by atoms with van der Waals surface area (Å²) in [7, 11) is 6.07. The van der Waals surface area contributed by atoms with Gasteiger partial charge in [-0.05, 0) is 27.2 Å². The molecule has 4 nitrogen and oxygen atoms in total. The van der Waals surface area contributed by atoms with Gasteiger partial charge in [0.05, 0.1) is 13.2 Å². The highest BCUT2D eigenvalue weighted by Crippen LogP contribution is 2.16. The SMILES string of the molecule is CN(C)Cc1ccccc1O.CN1CCOCC1. The van der Waals surface area contributed by atoms with Crippen molar-refractivity contribution >= 4 is 0 Å². The number of aromatic hydroxyl groups is 1. The van der Waals surface area contributed by atoms with E-state index in [9.17, 15) is 5.11 Å². The maximum atomic E-state index is 9.33. The van der Waals surface area contributed by atoms with Gasteiger partial charge in [0.2, 0.25) is 0 Å². The lowest BCUT2D eigenvalue weighted by atomic mass is 10.2. The Morgan fingerprint density at radius 1 is 1.22 bits per heavy atom. The number of nitrogens with zero attached hydrogens (tertiary/aromatic N) is 2. The quantitative estimate of drug-likeness (QED) is 0.863. The lowest BCUT2D eigenvalue weighted by Gasteiger charge is -2.21. The normalized spacial score (nSPS) is 16.2. The van der Waals surface area contributed by atoms with Gasteiger partial charge in [-0.2, -0.15) is 0 Å². The lowest BCUT2D eigenvalue weighted by Crippen LogP contribution is -2.32. The minimum atomic E-state index is 0.376. The molecular weight excluding hydrogens is 228 g/mol. The molecule has 1 aromatic carbocycles. The fourth-order valence-electron chi connectivity index (χ4n) is 1.64. The van der Waals surface area contributed by atoms with Gasteiger partial charge in [-0.25, -0.2) is 0 Å². The number of ether oxygens (including phenoxy) is 1. The Morgan fingerprint density at radius 3 is 2.28 bits per heavy atom. The Labute approximate surface area is 110 Å². The smallest absolute Gasteiger partial charge is 0.120 e. The van der Waals surface area contributed by atoms with Gasteiger partial charge in [-0.3, -0.25) is 0 Å². The van der Waals surface area contributed by atoms with E-state index in [-0.39, 0.29) is 0 Å². The van der Waals surface area contributed by atoms with Crippen LogP contribution in [-0.2, 0) is 11.3 Å². The van der Waals surface area contributed by atoms with Crippen LogP contribution in [0, 0.1) is 0 Å². The number of phenols is 1. The molecular formula is C14H24N2O2. The van der Waals surface area contributed by atoms with E-state index in [1.807, 2.05) is 37.2 Å². The van der Waals surface area contributed by atoms with E-state index in [0.29, 0.717) is 5.75 Å². The van der Waals surface area contributed by atoms with E-state index < -0.39 is 0 Å². The molecule has 0 bridgehead atoms. The third-order valence-electron chi connectivity index (χ3n) is 2.71. The molecule has 0 spiro atoms. The van der Waals surface area contributed by atoms with Crippen molar-refractivity contribution in [3.63, 3.8) is 0 Å². The van der Waals surface area contributed by atoms with Crippen LogP contribution in [0.2, 0.25) is 0 Å². The molecule has 102 valence electrons. The van der Waals surface area contributed by atoms with Crippen molar-refractivity contribution in [3.05, 3.63) is 29.8 Å². The van der Waals surface area contributed by atoms with E-state index in [2.05, 4.69) is 11.9 Å². The Bertz CT molecular complexity index is 336. The van der Waals surface area contributed by atoms with Crippen LogP contribution >= 0.6 is 0 Å². The van der Waals surface area contributed by atoms with Crippen molar-refractivity contribution in [2.75, 3.05) is 47.4 Å². The van der Waals surface area contributed by atoms with Gasteiger partial charge < -0.3 is 19.6 Å². The van der Waals surface area contributed by atoms with Crippen LogP contribution in [0.4, 0.5) is 0 Å². The summed E-state index contributed by atoms with van der Waals surface area (Å²) < 4.78 is 5.10. The van der Waals surface area contributed by atoms with Crippen LogP contribution in [0.3, 0.4) is 0 Å². The fourth-order valence-corrected chi connectivity index (χ4v) is 1.64. The van der Waals surface area contributed by atoms with Gasteiger partial charge in [-0.1, -0.05) is 18.2 Å². The zero-order valence-electron chi connectivity index (χ0n) is 11.6. The van der Waals surface area contributed by atoms with Crippen LogP contribution in [0.15, 0.2) is 24.3 Å². The minimum Gasteiger partial charge on any atom is -0.508 e. The Kier molecular flexibility index (Phi) is 6.72. The molecule has 1 N–H and O–H groups in total. The summed E-state index contributed by atoms with van der Waals surface area (Å²) in [5, 5.41) is 9.33. The molecule has 1 aliphatic heterocycles. The van der Waals surface area contributed by atoms with Gasteiger partial charge in [0, 0.05) is 25.2 Å². The molecule has 18 heavy (non-hydrogen) atoms. The Hall–Kier alpha value is -1.10. The predicted octanol–water partition coefficient (Wildman–Crippen LogP) is 1.40. The van der Waals surface area contributed by atoms with Crippen LogP contribution in [0.25, 0.3) is 0 Å². The second-order valence-electron chi connectivity index (χ2n) is 4.78. The van der Waals surface area contributed by atoms with Crippen LogP contribution in [-0.4, -0.2) is 62.4 Å². The molecule has 0 aliphatic carbocycles. The molecule has 0 saturated carbocycles. The van der Waals surface area contributed by atoms with Crippen molar-refractivity contribution in [2.45, 2.75) is 6.54 Å². The third-order valence-corrected chi connectivity index (χ3v) is 2.71. The first-order chi connectivity index (χ1) is 8.59. The zero-order valence-corrected chi connectivity index (χ0v) is 11.6. The topological polar surface area (TPSA) is 35.9 Å². The first-order valence-corrected chi connectivity index (χ1v) is 6.27. The highest BCUT2D eigenvalue weighted by atomic mass is 16.5. The van der Waals surface area contributed by atoms with E-state index in [1.165, 1.54) is 0 Å². The molecule has 2 rings (SSSR count). The van der Waals surface area contributed by atoms with Gasteiger partial charge in [-0.15, -0.1) is 0 Å². The molecule has 0 amide bonds. The Morgan fingerprint density at radius 2 is 1.83 bits per heavy atom. The van der Waals surface area contributed by atoms with Crippen LogP contribution in [0.1, 0.15) is 5.56 Å². The summed E-state index contributed by atoms with van der Waals surface area (Å²) in [6, 6.07) is 7.39. The van der Waals surface area contributed by atoms with Crippen molar-refractivity contribution < 1.29 is 9.84 Å². The molecule has 1 fully saturated rings. The van der Waals surface area contributed by atoms with Gasteiger partial charge in [0.1, 0.15) is 5.75 Å².